The fourth-order valence-electron chi connectivity index (χ4n) is 5.41. The number of aromatic carboxylic acids is 1. The van der Waals surface area contributed by atoms with Gasteiger partial charge in [-0.25, -0.2) is 14.2 Å². The third-order valence-corrected chi connectivity index (χ3v) is 7.44. The van der Waals surface area contributed by atoms with Crippen LogP contribution in [0.3, 0.4) is 0 Å². The Morgan fingerprint density at radius 3 is 2.62 bits per heavy atom. The number of methoxy groups -OCH3 is 1. The Balaban J connectivity index is 1.74. The summed E-state index contributed by atoms with van der Waals surface area (Å²) in [6.07, 6.45) is 4.61. The van der Waals surface area contributed by atoms with Crippen molar-refractivity contribution in [1.29, 1.82) is 0 Å². The van der Waals surface area contributed by atoms with E-state index in [2.05, 4.69) is 39.7 Å². The highest BCUT2D eigenvalue weighted by atomic mass is 19.1. The second-order valence-electron chi connectivity index (χ2n) is 10.7. The molecule has 1 aliphatic rings. The van der Waals surface area contributed by atoms with Crippen LogP contribution in [0.5, 0.6) is 5.88 Å². The van der Waals surface area contributed by atoms with Crippen molar-refractivity contribution in [1.82, 2.24) is 19.7 Å². The number of halogens is 1. The standard InChI is InChI=1S/C30H29FN4O4/c1-30(2,16-38-3)27-26(21-11-12-23(29(36)37)33-28(21)39-20-5-4-6-20)22-14-24-17(15-32-34-24)13-25(22)35(27)19-9-7-18(31)8-10-19/h7-15,20H,4-6,16H2,1-3H3,(H,32,34)(H,36,37). The minimum atomic E-state index is -1.12. The van der Waals surface area contributed by atoms with Crippen molar-refractivity contribution in [2.24, 2.45) is 0 Å². The zero-order valence-electron chi connectivity index (χ0n) is 22.0. The van der Waals surface area contributed by atoms with Crippen LogP contribution in [-0.4, -0.2) is 50.6 Å². The molecule has 1 aliphatic carbocycles. The van der Waals surface area contributed by atoms with Crippen LogP contribution >= 0.6 is 0 Å². The number of fused-ring (bicyclic) bond motifs is 2. The molecule has 9 heteroatoms. The molecular weight excluding hydrogens is 499 g/mol. The Labute approximate surface area is 224 Å². The molecule has 0 spiro atoms. The van der Waals surface area contributed by atoms with E-state index < -0.39 is 11.4 Å². The summed E-state index contributed by atoms with van der Waals surface area (Å²) >= 11 is 0. The number of pyridine rings is 1. The largest absolute Gasteiger partial charge is 0.477 e. The summed E-state index contributed by atoms with van der Waals surface area (Å²) in [5.41, 5.74) is 4.38. The maximum atomic E-state index is 14.0. The highest BCUT2D eigenvalue weighted by Gasteiger charge is 2.34. The Morgan fingerprint density at radius 1 is 1.18 bits per heavy atom. The molecule has 5 aromatic rings. The zero-order valence-corrected chi connectivity index (χ0v) is 22.0. The molecule has 0 atom stereocenters. The lowest BCUT2D eigenvalue weighted by atomic mass is 9.84. The van der Waals surface area contributed by atoms with Gasteiger partial charge >= 0.3 is 5.97 Å². The number of nitrogens with one attached hydrogen (secondary N) is 1. The second-order valence-corrected chi connectivity index (χ2v) is 10.7. The molecule has 8 nitrogen and oxygen atoms in total. The maximum absolute atomic E-state index is 14.0. The molecule has 3 aromatic heterocycles. The van der Waals surface area contributed by atoms with E-state index >= 15 is 0 Å². The molecule has 1 fully saturated rings. The van der Waals surface area contributed by atoms with Crippen LogP contribution in [0.25, 0.3) is 38.6 Å². The van der Waals surface area contributed by atoms with Gasteiger partial charge in [0.25, 0.3) is 0 Å². The smallest absolute Gasteiger partial charge is 0.354 e. The predicted octanol–water partition coefficient (Wildman–Crippen LogP) is 6.26. The molecule has 200 valence electrons. The zero-order chi connectivity index (χ0) is 27.3. The van der Waals surface area contributed by atoms with E-state index in [1.165, 1.54) is 18.2 Å². The Hall–Kier alpha value is -4.24. The molecule has 0 bridgehead atoms. The Bertz CT molecular complexity index is 1700. The first kappa shape index (κ1) is 25.1. The maximum Gasteiger partial charge on any atom is 0.354 e. The van der Waals surface area contributed by atoms with E-state index in [1.807, 2.05) is 6.07 Å². The summed E-state index contributed by atoms with van der Waals surface area (Å²) in [4.78, 5) is 16.3. The number of hydrogen-bond donors (Lipinski definition) is 2. The topological polar surface area (TPSA) is 102 Å². The van der Waals surface area contributed by atoms with Gasteiger partial charge in [0.2, 0.25) is 5.88 Å². The molecule has 2 N–H and O–H groups in total. The van der Waals surface area contributed by atoms with Gasteiger partial charge in [0.05, 0.1) is 23.8 Å². The highest BCUT2D eigenvalue weighted by molar-refractivity contribution is 6.06. The third kappa shape index (κ3) is 4.32. The minimum absolute atomic E-state index is 0.0134. The first-order valence-electron chi connectivity index (χ1n) is 12.9. The lowest BCUT2D eigenvalue weighted by molar-refractivity contribution is 0.0685. The fraction of sp³-hybridized carbons (Fsp3) is 0.300. The summed E-state index contributed by atoms with van der Waals surface area (Å²) in [6, 6.07) is 13.8. The predicted molar refractivity (Wildman–Crippen MR) is 146 cm³/mol. The van der Waals surface area contributed by atoms with E-state index in [0.717, 1.165) is 58.0 Å². The fourth-order valence-corrected chi connectivity index (χ4v) is 5.41. The Morgan fingerprint density at radius 2 is 1.95 bits per heavy atom. The highest BCUT2D eigenvalue weighted by Crippen LogP contribution is 2.47. The lowest BCUT2D eigenvalue weighted by Crippen LogP contribution is -2.28. The monoisotopic (exact) mass is 528 g/mol. The lowest BCUT2D eigenvalue weighted by Gasteiger charge is -2.30. The first-order valence-corrected chi connectivity index (χ1v) is 12.9. The van der Waals surface area contributed by atoms with Crippen molar-refractivity contribution in [2.75, 3.05) is 13.7 Å². The number of hydrogen-bond acceptors (Lipinski definition) is 5. The van der Waals surface area contributed by atoms with Gasteiger partial charge in [-0.05, 0) is 67.8 Å². The molecular formula is C30H29FN4O4. The van der Waals surface area contributed by atoms with Crippen molar-refractivity contribution in [2.45, 2.75) is 44.6 Å². The van der Waals surface area contributed by atoms with Gasteiger partial charge in [-0.2, -0.15) is 5.10 Å². The normalized spacial score (nSPS) is 14.2. The summed E-state index contributed by atoms with van der Waals surface area (Å²) in [6.45, 7) is 4.58. The van der Waals surface area contributed by atoms with Gasteiger partial charge in [0, 0.05) is 45.8 Å². The second kappa shape index (κ2) is 9.50. The molecule has 6 rings (SSSR count). The summed E-state index contributed by atoms with van der Waals surface area (Å²) < 4.78 is 28.1. The van der Waals surface area contributed by atoms with Gasteiger partial charge < -0.3 is 19.1 Å². The SMILES string of the molecule is COCC(C)(C)c1c(-c2ccc(C(=O)O)nc2OC2CCC2)c2cc3[nH]ncc3cc2n1-c1ccc(F)cc1. The van der Waals surface area contributed by atoms with Crippen molar-refractivity contribution in [3.63, 3.8) is 0 Å². The minimum Gasteiger partial charge on any atom is -0.477 e. The van der Waals surface area contributed by atoms with Crippen LogP contribution in [0, 0.1) is 5.82 Å². The van der Waals surface area contributed by atoms with E-state index in [0.29, 0.717) is 12.2 Å². The molecule has 2 aromatic carbocycles. The van der Waals surface area contributed by atoms with Crippen LogP contribution in [0.4, 0.5) is 4.39 Å². The molecule has 0 aliphatic heterocycles. The van der Waals surface area contributed by atoms with E-state index in [4.69, 9.17) is 9.47 Å². The van der Waals surface area contributed by atoms with Gasteiger partial charge in [-0.15, -0.1) is 0 Å². The number of rotatable bonds is 8. The van der Waals surface area contributed by atoms with E-state index in [9.17, 15) is 14.3 Å². The van der Waals surface area contributed by atoms with Crippen LogP contribution in [0.1, 0.15) is 49.3 Å². The number of carboxylic acids is 1. The number of ether oxygens (including phenoxy) is 2. The molecule has 0 unspecified atom stereocenters. The van der Waals surface area contributed by atoms with Crippen LogP contribution in [0.2, 0.25) is 0 Å². The number of nitrogens with zero attached hydrogens (tertiary/aromatic N) is 3. The van der Waals surface area contributed by atoms with Crippen LogP contribution in [-0.2, 0) is 10.2 Å². The number of aromatic nitrogens is 4. The molecule has 39 heavy (non-hydrogen) atoms. The molecule has 0 radical (unpaired) electrons. The first-order chi connectivity index (χ1) is 18.8. The summed E-state index contributed by atoms with van der Waals surface area (Å²) in [5.74, 6) is -1.15. The molecule has 0 saturated heterocycles. The number of H-pyrrole nitrogens is 1. The summed E-state index contributed by atoms with van der Waals surface area (Å²) in [5, 5.41) is 18.8. The average molecular weight is 529 g/mol. The number of carbonyl (C=O) groups is 1. The number of carboxylic acid groups (broad SMARTS) is 1. The van der Waals surface area contributed by atoms with Crippen LogP contribution < -0.4 is 4.74 Å². The van der Waals surface area contributed by atoms with Crippen molar-refractivity contribution in [3.05, 3.63) is 71.9 Å². The molecule has 0 amide bonds. The van der Waals surface area contributed by atoms with Crippen molar-refractivity contribution in [3.8, 4) is 22.7 Å². The van der Waals surface area contributed by atoms with Crippen LogP contribution in [0.15, 0.2) is 54.7 Å². The van der Waals surface area contributed by atoms with Crippen molar-refractivity contribution < 1.29 is 23.8 Å². The van der Waals surface area contributed by atoms with Gasteiger partial charge in [0.1, 0.15) is 11.9 Å². The van der Waals surface area contributed by atoms with Crippen molar-refractivity contribution >= 4 is 27.8 Å². The average Bonchev–Trinajstić information content (AvgIpc) is 3.47. The van der Waals surface area contributed by atoms with E-state index in [-0.39, 0.29) is 23.5 Å². The summed E-state index contributed by atoms with van der Waals surface area (Å²) in [7, 11) is 1.66. The number of aromatic amines is 1. The molecule has 1 saturated carbocycles. The molecule has 3 heterocycles. The third-order valence-electron chi connectivity index (χ3n) is 7.44. The Kier molecular flexibility index (Phi) is 6.10. The quantitative estimate of drug-likeness (QED) is 0.246. The number of benzene rings is 2. The van der Waals surface area contributed by atoms with Gasteiger partial charge in [-0.1, -0.05) is 13.8 Å². The van der Waals surface area contributed by atoms with E-state index in [1.54, 1.807) is 31.5 Å². The van der Waals surface area contributed by atoms with Gasteiger partial charge in [0.15, 0.2) is 5.69 Å². The van der Waals surface area contributed by atoms with Gasteiger partial charge in [-0.3, -0.25) is 5.10 Å².